The minimum atomic E-state index is -1.70. The summed E-state index contributed by atoms with van der Waals surface area (Å²) in [5.74, 6) is -5.11. The van der Waals surface area contributed by atoms with Gasteiger partial charge in [0.2, 0.25) is 5.91 Å². The van der Waals surface area contributed by atoms with Crippen LogP contribution in [0.15, 0.2) is 53.3 Å². The van der Waals surface area contributed by atoms with Gasteiger partial charge < -0.3 is 19.9 Å². The van der Waals surface area contributed by atoms with E-state index in [2.05, 4.69) is 12.2 Å². The number of ether oxygens (including phenoxy) is 2. The highest BCUT2D eigenvalue weighted by Gasteiger charge is 2.38. The molecule has 0 saturated heterocycles. The van der Waals surface area contributed by atoms with Crippen molar-refractivity contribution in [3.05, 3.63) is 80.7 Å². The number of hydrogen-bond acceptors (Lipinski definition) is 7. The van der Waals surface area contributed by atoms with Crippen molar-refractivity contribution in [3.63, 3.8) is 0 Å². The summed E-state index contributed by atoms with van der Waals surface area (Å²) in [4.78, 5) is 54.8. The molecule has 1 atom stereocenters. The quantitative estimate of drug-likeness (QED) is 0.0741. The van der Waals surface area contributed by atoms with Crippen LogP contribution in [0.25, 0.3) is 0 Å². The summed E-state index contributed by atoms with van der Waals surface area (Å²) in [6.45, 7) is 9.44. The third-order valence-corrected chi connectivity index (χ3v) is 8.38. The van der Waals surface area contributed by atoms with E-state index in [4.69, 9.17) is 21.1 Å². The molecule has 2 N–H and O–H groups in total. The zero-order valence-corrected chi connectivity index (χ0v) is 30.3. The van der Waals surface area contributed by atoms with Gasteiger partial charge in [-0.2, -0.15) is 4.57 Å². The monoisotopic (exact) mass is 697 g/mol. The lowest BCUT2D eigenvalue weighted by Crippen LogP contribution is -2.47. The van der Waals surface area contributed by atoms with Gasteiger partial charge in [0, 0.05) is 10.6 Å². The molecule has 0 aliphatic rings. The zero-order chi connectivity index (χ0) is 36.0. The number of nitrogens with zero attached hydrogens (tertiary/aromatic N) is 2. The molecule has 0 radical (unpaired) electrons. The number of nitrogens with one attached hydrogen (secondary N) is 1. The lowest BCUT2D eigenvalue weighted by molar-refractivity contribution is -0.123. The van der Waals surface area contributed by atoms with E-state index in [1.54, 1.807) is 52.0 Å². The number of benzene rings is 2. The highest BCUT2D eigenvalue weighted by Crippen LogP contribution is 2.32. The maximum absolute atomic E-state index is 14.3. The van der Waals surface area contributed by atoms with E-state index in [1.807, 2.05) is 6.07 Å². The number of carbonyl (C=O) groups excluding carboxylic acids is 3. The SMILES string of the molecule is CCCCCCCCCCCCOC(=O)c1ccc(Cl)c(C(C(=O)NC(C)(C)C)C(=O)n2c(O)c(OCC)n(Cc3ccccc3)c2=O)c1. The third kappa shape index (κ3) is 11.5. The molecule has 0 aliphatic heterocycles. The smallest absolute Gasteiger partial charge is 0.341 e. The number of aromatic hydroxyl groups is 1. The maximum Gasteiger partial charge on any atom is 0.341 e. The van der Waals surface area contributed by atoms with Crippen LogP contribution in [0.1, 0.15) is 131 Å². The van der Waals surface area contributed by atoms with Crippen molar-refractivity contribution >= 4 is 29.4 Å². The van der Waals surface area contributed by atoms with Gasteiger partial charge in [-0.15, -0.1) is 0 Å². The summed E-state index contributed by atoms with van der Waals surface area (Å²) in [7, 11) is 0. The summed E-state index contributed by atoms with van der Waals surface area (Å²) in [5, 5.41) is 14.0. The van der Waals surface area contributed by atoms with E-state index in [-0.39, 0.29) is 41.8 Å². The Morgan fingerprint density at radius 1 is 0.898 bits per heavy atom. The standard InChI is InChI=1S/C38H52ClN3O7/c1-6-8-9-10-11-12-13-14-15-19-24-49-36(46)28-22-23-30(39)29(25-28)31(32(43)40-38(3,4)5)33(44)42-34(45)35(48-7-2)41(37(42)47)26-27-20-17-16-18-21-27/h16-18,20-23,25,31,45H,6-15,19,24,26H2,1-5H3,(H,40,43). The molecule has 1 amide bonds. The molecule has 0 spiro atoms. The Labute approximate surface area is 294 Å². The van der Waals surface area contributed by atoms with Crippen LogP contribution in [0.2, 0.25) is 5.02 Å². The summed E-state index contributed by atoms with van der Waals surface area (Å²) in [6, 6.07) is 13.2. The molecule has 0 bridgehead atoms. The molecule has 10 nitrogen and oxygen atoms in total. The van der Waals surface area contributed by atoms with Crippen LogP contribution in [-0.4, -0.2) is 50.8 Å². The minimum absolute atomic E-state index is 0.00281. The van der Waals surface area contributed by atoms with E-state index in [0.717, 1.165) is 35.8 Å². The van der Waals surface area contributed by atoms with Gasteiger partial charge in [-0.05, 0) is 63.4 Å². The largest absolute Gasteiger partial charge is 0.490 e. The first-order chi connectivity index (χ1) is 23.4. The number of aromatic nitrogens is 2. The average molecular weight is 698 g/mol. The Kier molecular flexibility index (Phi) is 15.4. The highest BCUT2D eigenvalue weighted by molar-refractivity contribution is 6.32. The predicted molar refractivity (Wildman–Crippen MR) is 192 cm³/mol. The minimum Gasteiger partial charge on any atom is -0.490 e. The third-order valence-electron chi connectivity index (χ3n) is 8.04. The normalized spacial score (nSPS) is 12.0. The predicted octanol–water partition coefficient (Wildman–Crippen LogP) is 7.87. The molecular formula is C38H52ClN3O7. The molecule has 0 saturated carbocycles. The Morgan fingerprint density at radius 2 is 1.51 bits per heavy atom. The maximum atomic E-state index is 14.3. The lowest BCUT2D eigenvalue weighted by Gasteiger charge is -2.25. The topological polar surface area (TPSA) is 129 Å². The fourth-order valence-electron chi connectivity index (χ4n) is 5.58. The van der Waals surface area contributed by atoms with Gasteiger partial charge in [0.1, 0.15) is 5.92 Å². The summed E-state index contributed by atoms with van der Waals surface area (Å²) in [5.41, 5.74) is -0.852. The first-order valence-electron chi connectivity index (χ1n) is 17.4. The van der Waals surface area contributed by atoms with Crippen LogP contribution >= 0.6 is 11.6 Å². The number of carbonyl (C=O) groups is 3. The molecule has 3 rings (SSSR count). The molecule has 0 aliphatic carbocycles. The van der Waals surface area contributed by atoms with Gasteiger partial charge in [-0.25, -0.2) is 9.59 Å². The van der Waals surface area contributed by atoms with Gasteiger partial charge >= 0.3 is 11.7 Å². The van der Waals surface area contributed by atoms with Crippen molar-refractivity contribution in [2.75, 3.05) is 13.2 Å². The summed E-state index contributed by atoms with van der Waals surface area (Å²) < 4.78 is 12.8. The fourth-order valence-corrected chi connectivity index (χ4v) is 5.81. The molecule has 1 unspecified atom stereocenters. The Hall–Kier alpha value is -4.05. The molecule has 11 heteroatoms. The van der Waals surface area contributed by atoms with E-state index >= 15 is 0 Å². The number of hydrogen-bond donors (Lipinski definition) is 2. The zero-order valence-electron chi connectivity index (χ0n) is 29.6. The van der Waals surface area contributed by atoms with Gasteiger partial charge in [0.25, 0.3) is 17.7 Å². The summed E-state index contributed by atoms with van der Waals surface area (Å²) >= 11 is 6.57. The van der Waals surface area contributed by atoms with Crippen LogP contribution in [0.3, 0.4) is 0 Å². The molecule has 1 heterocycles. The van der Waals surface area contributed by atoms with Crippen molar-refractivity contribution in [3.8, 4) is 11.8 Å². The number of unbranched alkanes of at least 4 members (excludes halogenated alkanes) is 9. The Balaban J connectivity index is 1.85. The van der Waals surface area contributed by atoms with Crippen LogP contribution < -0.4 is 15.7 Å². The van der Waals surface area contributed by atoms with E-state index in [0.29, 0.717) is 4.57 Å². The first-order valence-corrected chi connectivity index (χ1v) is 17.8. The number of imidazole rings is 1. The molecule has 1 aromatic heterocycles. The van der Waals surface area contributed by atoms with E-state index in [1.165, 1.54) is 56.7 Å². The number of rotatable bonds is 19. The van der Waals surface area contributed by atoms with E-state index in [9.17, 15) is 24.3 Å². The highest BCUT2D eigenvalue weighted by atomic mass is 35.5. The van der Waals surface area contributed by atoms with Gasteiger partial charge in [-0.3, -0.25) is 14.2 Å². The van der Waals surface area contributed by atoms with Crippen LogP contribution in [0.5, 0.6) is 11.8 Å². The van der Waals surface area contributed by atoms with Crippen molar-refractivity contribution < 1.29 is 29.0 Å². The van der Waals surface area contributed by atoms with Gasteiger partial charge in [-0.1, -0.05) is 107 Å². The molecule has 49 heavy (non-hydrogen) atoms. The fraction of sp³-hybridized carbons (Fsp3) is 0.526. The van der Waals surface area contributed by atoms with Crippen molar-refractivity contribution in [2.24, 2.45) is 0 Å². The molecule has 2 aromatic carbocycles. The second-order valence-corrected chi connectivity index (χ2v) is 13.7. The lowest BCUT2D eigenvalue weighted by atomic mass is 9.93. The van der Waals surface area contributed by atoms with Crippen molar-refractivity contribution in [1.29, 1.82) is 0 Å². The second kappa shape index (κ2) is 19.2. The van der Waals surface area contributed by atoms with Gasteiger partial charge in [0.15, 0.2) is 0 Å². The number of esters is 1. The molecule has 268 valence electrons. The Morgan fingerprint density at radius 3 is 2.10 bits per heavy atom. The summed E-state index contributed by atoms with van der Waals surface area (Å²) in [6.07, 6.45) is 11.5. The molecule has 3 aromatic rings. The van der Waals surface area contributed by atoms with E-state index < -0.39 is 40.8 Å². The average Bonchev–Trinajstić information content (AvgIpc) is 3.28. The number of halogens is 1. The van der Waals surface area contributed by atoms with Crippen LogP contribution in [-0.2, 0) is 16.1 Å². The first kappa shape index (κ1) is 39.4. The van der Waals surface area contributed by atoms with Crippen molar-refractivity contribution in [2.45, 2.75) is 117 Å². The van der Waals surface area contributed by atoms with Crippen LogP contribution in [0.4, 0.5) is 0 Å². The molecular weight excluding hydrogens is 646 g/mol. The van der Waals surface area contributed by atoms with Gasteiger partial charge in [0.05, 0.1) is 25.3 Å². The van der Waals surface area contributed by atoms with Crippen molar-refractivity contribution in [1.82, 2.24) is 14.5 Å². The number of amides is 1. The second-order valence-electron chi connectivity index (χ2n) is 13.3. The molecule has 0 fully saturated rings. The Bertz CT molecular complexity index is 1590. The van der Waals surface area contributed by atoms with Crippen LogP contribution in [0, 0.1) is 0 Å².